The van der Waals surface area contributed by atoms with Crippen LogP contribution in [-0.2, 0) is 16.0 Å². The lowest BCUT2D eigenvalue weighted by molar-refractivity contribution is -0.122. The summed E-state index contributed by atoms with van der Waals surface area (Å²) in [5, 5.41) is 3.10. The highest BCUT2D eigenvalue weighted by atomic mass is 16.5. The van der Waals surface area contributed by atoms with E-state index in [0.717, 1.165) is 36.9 Å². The van der Waals surface area contributed by atoms with Gasteiger partial charge >= 0.3 is 0 Å². The number of fused-ring (bicyclic) bond motifs is 2. The highest BCUT2D eigenvalue weighted by molar-refractivity contribution is 5.76. The molecular weight excluding hydrogens is 240 g/mol. The number of anilines is 1. The molecule has 2 aliphatic heterocycles. The fourth-order valence-electron chi connectivity index (χ4n) is 3.08. The van der Waals surface area contributed by atoms with Crippen LogP contribution in [0, 0.1) is 0 Å². The van der Waals surface area contributed by atoms with Crippen molar-refractivity contribution in [1.82, 2.24) is 5.32 Å². The number of carbonyl (C=O) groups is 1. The molecule has 4 nitrogen and oxygen atoms in total. The van der Waals surface area contributed by atoms with Gasteiger partial charge in [-0.2, -0.15) is 0 Å². The number of aryl methyl sites for hydroxylation is 1. The average Bonchev–Trinajstić information content (AvgIpc) is 2.99. The molecule has 0 aliphatic carbocycles. The van der Waals surface area contributed by atoms with E-state index in [1.165, 1.54) is 0 Å². The highest BCUT2D eigenvalue weighted by Crippen LogP contribution is 2.34. The molecule has 19 heavy (non-hydrogen) atoms. The topological polar surface area (TPSA) is 64.4 Å². The van der Waals surface area contributed by atoms with E-state index in [4.69, 9.17) is 10.5 Å². The predicted octanol–water partition coefficient (Wildman–Crippen LogP) is 1.64. The number of ether oxygens (including phenoxy) is 1. The normalized spacial score (nSPS) is 28.5. The van der Waals surface area contributed by atoms with Gasteiger partial charge in [0, 0.05) is 12.1 Å². The second kappa shape index (κ2) is 5.21. The molecule has 0 spiro atoms. The maximum atomic E-state index is 11.9. The summed E-state index contributed by atoms with van der Waals surface area (Å²) < 4.78 is 5.73. The largest absolute Gasteiger partial charge is 0.399 e. The molecule has 1 aromatic rings. The quantitative estimate of drug-likeness (QED) is 0.809. The first-order chi connectivity index (χ1) is 9.20. The van der Waals surface area contributed by atoms with Crippen molar-refractivity contribution in [3.05, 3.63) is 29.8 Å². The zero-order valence-corrected chi connectivity index (χ0v) is 11.0. The zero-order valence-electron chi connectivity index (χ0n) is 11.0. The molecule has 3 N–H and O–H groups in total. The van der Waals surface area contributed by atoms with Crippen molar-refractivity contribution in [3.63, 3.8) is 0 Å². The minimum Gasteiger partial charge on any atom is -0.399 e. The fourth-order valence-corrected chi connectivity index (χ4v) is 3.08. The van der Waals surface area contributed by atoms with E-state index in [1.54, 1.807) is 0 Å². The number of hydrogen-bond donors (Lipinski definition) is 2. The molecule has 0 saturated carbocycles. The van der Waals surface area contributed by atoms with E-state index >= 15 is 0 Å². The molecule has 3 atom stereocenters. The third kappa shape index (κ3) is 2.89. The van der Waals surface area contributed by atoms with E-state index in [0.29, 0.717) is 12.5 Å². The smallest absolute Gasteiger partial charge is 0.220 e. The fraction of sp³-hybridized carbons (Fsp3) is 0.533. The summed E-state index contributed by atoms with van der Waals surface area (Å²) in [5.41, 5.74) is 7.58. The van der Waals surface area contributed by atoms with E-state index in [1.807, 2.05) is 24.3 Å². The molecular formula is C15H20N2O2. The molecule has 0 aromatic heterocycles. The first-order valence-electron chi connectivity index (χ1n) is 7.00. The van der Waals surface area contributed by atoms with Crippen molar-refractivity contribution in [3.8, 4) is 0 Å². The van der Waals surface area contributed by atoms with Gasteiger partial charge in [0.05, 0.1) is 18.2 Å². The monoisotopic (exact) mass is 260 g/mol. The van der Waals surface area contributed by atoms with Crippen LogP contribution in [0.2, 0.25) is 0 Å². The molecule has 0 radical (unpaired) electrons. The van der Waals surface area contributed by atoms with Gasteiger partial charge in [-0.15, -0.1) is 0 Å². The number of nitrogen functional groups attached to an aromatic ring is 1. The Kier molecular flexibility index (Phi) is 3.42. The van der Waals surface area contributed by atoms with E-state index in [2.05, 4.69) is 5.32 Å². The van der Waals surface area contributed by atoms with Crippen LogP contribution in [0.25, 0.3) is 0 Å². The number of nitrogens with one attached hydrogen (secondary N) is 1. The Labute approximate surface area is 113 Å². The molecule has 1 aromatic carbocycles. The van der Waals surface area contributed by atoms with Gasteiger partial charge in [-0.25, -0.2) is 0 Å². The van der Waals surface area contributed by atoms with Crippen molar-refractivity contribution < 1.29 is 9.53 Å². The third-order valence-corrected chi connectivity index (χ3v) is 4.04. The van der Waals surface area contributed by atoms with Crippen LogP contribution in [0.3, 0.4) is 0 Å². The van der Waals surface area contributed by atoms with E-state index < -0.39 is 0 Å². The van der Waals surface area contributed by atoms with Crippen molar-refractivity contribution in [1.29, 1.82) is 0 Å². The Bertz CT molecular complexity index is 475. The van der Waals surface area contributed by atoms with Gasteiger partial charge in [0.15, 0.2) is 0 Å². The summed E-state index contributed by atoms with van der Waals surface area (Å²) in [6.07, 6.45) is 5.10. The van der Waals surface area contributed by atoms with Crippen LogP contribution in [0.1, 0.15) is 31.2 Å². The Balaban J connectivity index is 1.47. The lowest BCUT2D eigenvalue weighted by Gasteiger charge is -2.20. The van der Waals surface area contributed by atoms with Crippen molar-refractivity contribution in [2.45, 2.75) is 50.4 Å². The average molecular weight is 260 g/mol. The van der Waals surface area contributed by atoms with Crippen LogP contribution < -0.4 is 11.1 Å². The number of amides is 1. The number of rotatable bonds is 4. The van der Waals surface area contributed by atoms with Gasteiger partial charge in [0.1, 0.15) is 0 Å². The van der Waals surface area contributed by atoms with Gasteiger partial charge in [-0.3, -0.25) is 4.79 Å². The van der Waals surface area contributed by atoms with Gasteiger partial charge in [-0.05, 0) is 43.4 Å². The van der Waals surface area contributed by atoms with Crippen LogP contribution in [-0.4, -0.2) is 24.2 Å². The summed E-state index contributed by atoms with van der Waals surface area (Å²) in [7, 11) is 0. The lowest BCUT2D eigenvalue weighted by atomic mass is 9.95. The molecule has 3 unspecified atom stereocenters. The van der Waals surface area contributed by atoms with Crippen LogP contribution in [0.5, 0.6) is 0 Å². The molecule has 102 valence electrons. The predicted molar refractivity (Wildman–Crippen MR) is 73.6 cm³/mol. The molecule has 1 amide bonds. The Morgan fingerprint density at radius 1 is 1.42 bits per heavy atom. The van der Waals surface area contributed by atoms with Crippen molar-refractivity contribution in [2.24, 2.45) is 0 Å². The molecule has 2 heterocycles. The summed E-state index contributed by atoms with van der Waals surface area (Å²) >= 11 is 0. The standard InChI is InChI=1S/C15H20N2O2/c16-11-3-1-2-10(8-11)4-7-15(18)17-13-9-12-5-6-14(13)19-12/h1-3,8,12-14H,4-7,9,16H2,(H,17,18). The van der Waals surface area contributed by atoms with E-state index in [-0.39, 0.29) is 18.1 Å². The number of carbonyl (C=O) groups excluding carboxylic acids is 1. The van der Waals surface area contributed by atoms with Crippen LogP contribution in [0.15, 0.2) is 24.3 Å². The second-order valence-electron chi connectivity index (χ2n) is 5.53. The number of benzene rings is 1. The molecule has 2 saturated heterocycles. The maximum Gasteiger partial charge on any atom is 0.220 e. The Morgan fingerprint density at radius 2 is 2.32 bits per heavy atom. The highest BCUT2D eigenvalue weighted by Gasteiger charge is 2.41. The number of nitrogens with two attached hydrogens (primary N) is 1. The molecule has 2 fully saturated rings. The molecule has 2 aliphatic rings. The lowest BCUT2D eigenvalue weighted by Crippen LogP contribution is -2.41. The summed E-state index contributed by atoms with van der Waals surface area (Å²) in [6.45, 7) is 0. The van der Waals surface area contributed by atoms with Gasteiger partial charge in [0.2, 0.25) is 5.91 Å². The minimum atomic E-state index is 0.114. The first kappa shape index (κ1) is 12.5. The minimum absolute atomic E-state index is 0.114. The molecule has 4 heteroatoms. The number of hydrogen-bond acceptors (Lipinski definition) is 3. The summed E-state index contributed by atoms with van der Waals surface area (Å²) in [5.74, 6) is 0.114. The molecule has 2 bridgehead atoms. The summed E-state index contributed by atoms with van der Waals surface area (Å²) in [4.78, 5) is 11.9. The van der Waals surface area contributed by atoms with Gasteiger partial charge in [-0.1, -0.05) is 12.1 Å². The second-order valence-corrected chi connectivity index (χ2v) is 5.53. The summed E-state index contributed by atoms with van der Waals surface area (Å²) in [6, 6.07) is 7.94. The Morgan fingerprint density at radius 3 is 3.00 bits per heavy atom. The van der Waals surface area contributed by atoms with Crippen LogP contribution >= 0.6 is 0 Å². The third-order valence-electron chi connectivity index (χ3n) is 4.04. The van der Waals surface area contributed by atoms with E-state index in [9.17, 15) is 4.79 Å². The van der Waals surface area contributed by atoms with Crippen molar-refractivity contribution in [2.75, 3.05) is 5.73 Å². The van der Waals surface area contributed by atoms with Crippen molar-refractivity contribution >= 4 is 11.6 Å². The maximum absolute atomic E-state index is 11.9. The SMILES string of the molecule is Nc1cccc(CCC(=O)NC2CC3CCC2O3)c1. The van der Waals surface area contributed by atoms with Crippen LogP contribution in [0.4, 0.5) is 5.69 Å². The van der Waals surface area contributed by atoms with Gasteiger partial charge < -0.3 is 15.8 Å². The molecule has 3 rings (SSSR count). The zero-order chi connectivity index (χ0) is 13.2. The Hall–Kier alpha value is -1.55. The first-order valence-corrected chi connectivity index (χ1v) is 7.00. The van der Waals surface area contributed by atoms with Gasteiger partial charge in [0.25, 0.3) is 0 Å².